The first-order chi connectivity index (χ1) is 12.2. The van der Waals surface area contributed by atoms with Gasteiger partial charge in [-0.05, 0) is 37.1 Å². The van der Waals surface area contributed by atoms with Crippen molar-refractivity contribution < 1.29 is 9.18 Å². The van der Waals surface area contributed by atoms with Gasteiger partial charge in [0.25, 0.3) is 5.91 Å². The molecule has 136 valence electrons. The molecule has 0 aliphatic carbocycles. The predicted molar refractivity (Wildman–Crippen MR) is 96.5 cm³/mol. The van der Waals surface area contributed by atoms with Crippen LogP contribution in [0.5, 0.6) is 0 Å². The van der Waals surface area contributed by atoms with Gasteiger partial charge in [0, 0.05) is 6.54 Å². The normalized spacial score (nSPS) is 16.4. The van der Waals surface area contributed by atoms with Crippen LogP contribution in [0.2, 0.25) is 0 Å². The maximum absolute atomic E-state index is 13.2. The smallest absolute Gasteiger partial charge is 0.272 e. The van der Waals surface area contributed by atoms with E-state index in [4.69, 9.17) is 0 Å². The van der Waals surface area contributed by atoms with E-state index in [1.807, 2.05) is 0 Å². The van der Waals surface area contributed by atoms with Gasteiger partial charge in [0.15, 0.2) is 11.3 Å². The molecule has 1 aliphatic rings. The molecule has 2 aromatic heterocycles. The first-order valence-corrected chi connectivity index (χ1v) is 8.17. The molecule has 4 rings (SSSR count). The highest BCUT2D eigenvalue weighted by atomic mass is 35.5. The lowest BCUT2D eigenvalue weighted by Gasteiger charge is -2.06. The Labute approximate surface area is 155 Å². The van der Waals surface area contributed by atoms with E-state index in [0.29, 0.717) is 16.7 Å². The van der Waals surface area contributed by atoms with Crippen LogP contribution < -0.4 is 10.6 Å². The van der Waals surface area contributed by atoms with Crippen LogP contribution >= 0.6 is 12.4 Å². The third kappa shape index (κ3) is 3.66. The topological polar surface area (TPSA) is 95.6 Å². The Hall–Kier alpha value is -2.58. The molecule has 0 bridgehead atoms. The van der Waals surface area contributed by atoms with Crippen LogP contribution in [-0.4, -0.2) is 32.4 Å². The number of halogens is 2. The third-order valence-corrected chi connectivity index (χ3v) is 4.25. The number of imidazole rings is 1. The maximum Gasteiger partial charge on any atom is 0.272 e. The molecule has 0 radical (unpaired) electrons. The molecule has 3 heterocycles. The zero-order valence-corrected chi connectivity index (χ0v) is 14.6. The second-order valence-electron chi connectivity index (χ2n) is 6.00. The second-order valence-corrected chi connectivity index (χ2v) is 6.00. The number of aromatic nitrogens is 4. The Balaban J connectivity index is 0.00000196. The summed E-state index contributed by atoms with van der Waals surface area (Å²) in [6.07, 6.45) is 3.41. The summed E-state index contributed by atoms with van der Waals surface area (Å²) in [5.41, 5.74) is 1.90. The lowest BCUT2D eigenvalue weighted by atomic mass is 10.2. The molecule has 3 N–H and O–H groups in total. The van der Waals surface area contributed by atoms with E-state index in [1.165, 1.54) is 18.5 Å². The second kappa shape index (κ2) is 7.76. The summed E-state index contributed by atoms with van der Waals surface area (Å²) in [6, 6.07) is 6.25. The van der Waals surface area contributed by atoms with Gasteiger partial charge >= 0.3 is 0 Å². The molecule has 1 amide bonds. The molecule has 0 saturated carbocycles. The van der Waals surface area contributed by atoms with Crippen LogP contribution in [0, 0.1) is 5.82 Å². The molecule has 1 atom stereocenters. The number of nitrogens with zero attached hydrogens (tertiary/aromatic N) is 3. The summed E-state index contributed by atoms with van der Waals surface area (Å²) in [4.78, 5) is 28.4. The Morgan fingerprint density at radius 1 is 1.35 bits per heavy atom. The van der Waals surface area contributed by atoms with Crippen molar-refractivity contribution in [2.45, 2.75) is 25.4 Å². The van der Waals surface area contributed by atoms with Gasteiger partial charge in [-0.15, -0.1) is 12.4 Å². The first-order valence-electron chi connectivity index (χ1n) is 8.17. The Bertz CT molecular complexity index is 925. The average molecular weight is 377 g/mol. The number of hydrogen-bond acceptors (Lipinski definition) is 5. The molecule has 7 nitrogen and oxygen atoms in total. The summed E-state index contributed by atoms with van der Waals surface area (Å²) in [6.45, 7) is 1.17. The van der Waals surface area contributed by atoms with Gasteiger partial charge in [0.05, 0.1) is 6.04 Å². The molecule has 0 unspecified atom stereocenters. The van der Waals surface area contributed by atoms with Crippen LogP contribution in [0.25, 0.3) is 11.2 Å². The lowest BCUT2D eigenvalue weighted by molar-refractivity contribution is 0.0947. The summed E-state index contributed by atoms with van der Waals surface area (Å²) in [7, 11) is 0. The van der Waals surface area contributed by atoms with Crippen LogP contribution in [0.1, 0.15) is 40.8 Å². The molecule has 1 aromatic carbocycles. The molecule has 3 aromatic rings. The van der Waals surface area contributed by atoms with E-state index in [-0.39, 0.29) is 42.4 Å². The number of aromatic amines is 1. The largest absolute Gasteiger partial charge is 0.347 e. The van der Waals surface area contributed by atoms with Crippen molar-refractivity contribution in [3.63, 3.8) is 0 Å². The molecule has 1 fully saturated rings. The van der Waals surface area contributed by atoms with E-state index in [2.05, 4.69) is 30.6 Å². The van der Waals surface area contributed by atoms with Crippen molar-refractivity contribution in [2.24, 2.45) is 0 Å². The zero-order valence-electron chi connectivity index (χ0n) is 13.8. The highest BCUT2D eigenvalue weighted by molar-refractivity contribution is 6.02. The summed E-state index contributed by atoms with van der Waals surface area (Å²) in [5.74, 6) is 0.0804. The Morgan fingerprint density at radius 3 is 3.00 bits per heavy atom. The number of benzene rings is 1. The molecule has 26 heavy (non-hydrogen) atoms. The van der Waals surface area contributed by atoms with Crippen molar-refractivity contribution in [2.75, 3.05) is 6.54 Å². The van der Waals surface area contributed by atoms with Crippen molar-refractivity contribution in [1.82, 2.24) is 30.6 Å². The van der Waals surface area contributed by atoms with Crippen LogP contribution in [0.15, 0.2) is 30.6 Å². The third-order valence-electron chi connectivity index (χ3n) is 4.25. The Kier molecular flexibility index (Phi) is 5.43. The monoisotopic (exact) mass is 376 g/mol. The van der Waals surface area contributed by atoms with Gasteiger partial charge in [-0.2, -0.15) is 0 Å². The van der Waals surface area contributed by atoms with Crippen molar-refractivity contribution in [3.05, 3.63) is 53.5 Å². The molecule has 1 saturated heterocycles. The number of amides is 1. The van der Waals surface area contributed by atoms with E-state index in [9.17, 15) is 9.18 Å². The SMILES string of the molecule is Cl.O=C(NCc1cccc(F)c1)c1ncnc2nc([C@H]3CCCN3)[nH]c12. The number of hydrogen-bond donors (Lipinski definition) is 3. The minimum atomic E-state index is -0.355. The van der Waals surface area contributed by atoms with Gasteiger partial charge in [0.1, 0.15) is 23.5 Å². The minimum Gasteiger partial charge on any atom is -0.347 e. The number of nitrogens with one attached hydrogen (secondary N) is 3. The molecular weight excluding hydrogens is 359 g/mol. The molecule has 1 aliphatic heterocycles. The highest BCUT2D eigenvalue weighted by Crippen LogP contribution is 2.23. The van der Waals surface area contributed by atoms with Gasteiger partial charge in [-0.3, -0.25) is 4.79 Å². The lowest BCUT2D eigenvalue weighted by Crippen LogP contribution is -2.24. The number of rotatable bonds is 4. The number of carbonyl (C=O) groups excluding carboxylic acids is 1. The average Bonchev–Trinajstić information content (AvgIpc) is 3.28. The molecular formula is C17H18ClFN6O. The fraction of sp³-hybridized carbons (Fsp3) is 0.294. The summed E-state index contributed by atoms with van der Waals surface area (Å²) in [5, 5.41) is 6.11. The van der Waals surface area contributed by atoms with Crippen molar-refractivity contribution >= 4 is 29.5 Å². The zero-order chi connectivity index (χ0) is 17.2. The van der Waals surface area contributed by atoms with E-state index in [0.717, 1.165) is 25.2 Å². The predicted octanol–water partition coefficient (Wildman–Crippen LogP) is 2.27. The van der Waals surface area contributed by atoms with Crippen molar-refractivity contribution in [3.8, 4) is 0 Å². The maximum atomic E-state index is 13.2. The van der Waals surface area contributed by atoms with Crippen LogP contribution in [0.4, 0.5) is 4.39 Å². The summed E-state index contributed by atoms with van der Waals surface area (Å²) < 4.78 is 13.2. The minimum absolute atomic E-state index is 0. The molecule has 9 heteroatoms. The van der Waals surface area contributed by atoms with Gasteiger partial charge in [-0.1, -0.05) is 12.1 Å². The fourth-order valence-electron chi connectivity index (χ4n) is 3.01. The summed E-state index contributed by atoms with van der Waals surface area (Å²) >= 11 is 0. The van der Waals surface area contributed by atoms with Gasteiger partial charge in [0.2, 0.25) is 0 Å². The number of fused-ring (bicyclic) bond motifs is 1. The van der Waals surface area contributed by atoms with Crippen molar-refractivity contribution in [1.29, 1.82) is 0 Å². The number of carbonyl (C=O) groups is 1. The Morgan fingerprint density at radius 2 is 2.23 bits per heavy atom. The molecule has 0 spiro atoms. The first kappa shape index (κ1) is 18.2. The van der Waals surface area contributed by atoms with Crippen LogP contribution in [-0.2, 0) is 6.54 Å². The van der Waals surface area contributed by atoms with Crippen LogP contribution in [0.3, 0.4) is 0 Å². The van der Waals surface area contributed by atoms with E-state index in [1.54, 1.807) is 12.1 Å². The van der Waals surface area contributed by atoms with Gasteiger partial charge in [-0.25, -0.2) is 19.3 Å². The van der Waals surface area contributed by atoms with E-state index >= 15 is 0 Å². The standard InChI is InChI=1S/C17H17FN6O.ClH/c18-11-4-1-3-10(7-11)8-20-17(25)14-13-16(22-9-21-14)24-15(23-13)12-5-2-6-19-12;/h1,3-4,7,9,12,19H,2,5-6,8H2,(H,20,25)(H,21,22,23,24);1H/t12-;/m1./s1. The number of H-pyrrole nitrogens is 1. The van der Waals surface area contributed by atoms with E-state index < -0.39 is 0 Å². The fourth-order valence-corrected chi connectivity index (χ4v) is 3.01. The quantitative estimate of drug-likeness (QED) is 0.649. The highest BCUT2D eigenvalue weighted by Gasteiger charge is 2.22. The van der Waals surface area contributed by atoms with Gasteiger partial charge < -0.3 is 15.6 Å².